The quantitative estimate of drug-likeness (QED) is 0.717. The number of hydrogen-bond acceptors (Lipinski definition) is 3. The lowest BCUT2D eigenvalue weighted by Gasteiger charge is -2.16. The first-order valence-electron chi connectivity index (χ1n) is 4.96. The lowest BCUT2D eigenvalue weighted by Crippen LogP contribution is -2.20. The molecule has 1 heterocycles. The summed E-state index contributed by atoms with van der Waals surface area (Å²) in [6.07, 6.45) is -1.85. The molecule has 0 saturated heterocycles. The zero-order valence-corrected chi connectivity index (χ0v) is 10.1. The molecule has 0 aromatic heterocycles. The second kappa shape index (κ2) is 4.53. The first-order chi connectivity index (χ1) is 7.63. The molecule has 86 valence electrons. The van der Waals surface area contributed by atoms with Gasteiger partial charge in [-0.3, -0.25) is 4.79 Å². The highest BCUT2D eigenvalue weighted by Crippen LogP contribution is 2.23. The number of carbonyl (C=O) groups is 1. The molecule has 0 saturated carbocycles. The third-order valence-corrected chi connectivity index (χ3v) is 3.35. The maximum absolute atomic E-state index is 11.4. The first kappa shape index (κ1) is 11.6. The van der Waals surface area contributed by atoms with Crippen molar-refractivity contribution in [2.75, 3.05) is 5.33 Å². The molecule has 2 rings (SSSR count). The van der Waals surface area contributed by atoms with Crippen LogP contribution in [0.3, 0.4) is 0 Å². The molecule has 0 aliphatic carbocycles. The molecule has 0 fully saturated rings. The summed E-state index contributed by atoms with van der Waals surface area (Å²) >= 11 is 3.10. The van der Waals surface area contributed by atoms with E-state index in [9.17, 15) is 15.0 Å². The summed E-state index contributed by atoms with van der Waals surface area (Å²) in [6.45, 7) is 0.533. The van der Waals surface area contributed by atoms with E-state index in [1.54, 1.807) is 18.2 Å². The van der Waals surface area contributed by atoms with E-state index in [2.05, 4.69) is 21.2 Å². The van der Waals surface area contributed by atoms with Crippen LogP contribution in [0.5, 0.6) is 0 Å². The SMILES string of the molecule is O=C1NCc2ccc(C(O)C(O)CBr)cc21. The monoisotopic (exact) mass is 285 g/mol. The van der Waals surface area contributed by atoms with Crippen LogP contribution in [0.4, 0.5) is 0 Å². The van der Waals surface area contributed by atoms with Gasteiger partial charge in [0.15, 0.2) is 0 Å². The maximum Gasteiger partial charge on any atom is 0.251 e. The number of benzene rings is 1. The number of carbonyl (C=O) groups excluding carboxylic acids is 1. The van der Waals surface area contributed by atoms with Crippen LogP contribution < -0.4 is 5.32 Å². The smallest absolute Gasteiger partial charge is 0.251 e. The highest BCUT2D eigenvalue weighted by Gasteiger charge is 2.23. The van der Waals surface area contributed by atoms with Crippen LogP contribution in [0.2, 0.25) is 0 Å². The summed E-state index contributed by atoms with van der Waals surface area (Å²) in [4.78, 5) is 11.4. The van der Waals surface area contributed by atoms with Gasteiger partial charge in [0, 0.05) is 17.4 Å². The summed E-state index contributed by atoms with van der Waals surface area (Å²) in [5, 5.41) is 22.3. The largest absolute Gasteiger partial charge is 0.389 e. The first-order valence-corrected chi connectivity index (χ1v) is 6.08. The van der Waals surface area contributed by atoms with Gasteiger partial charge in [-0.2, -0.15) is 0 Å². The molecule has 1 amide bonds. The fourth-order valence-electron chi connectivity index (χ4n) is 1.72. The third kappa shape index (κ3) is 1.98. The van der Waals surface area contributed by atoms with Crippen molar-refractivity contribution >= 4 is 21.8 Å². The van der Waals surface area contributed by atoms with Crippen LogP contribution in [0, 0.1) is 0 Å². The molecular formula is C11H12BrNO3. The number of nitrogens with one attached hydrogen (secondary N) is 1. The molecule has 0 bridgehead atoms. The minimum atomic E-state index is -0.974. The van der Waals surface area contributed by atoms with Crippen molar-refractivity contribution in [3.8, 4) is 0 Å². The Morgan fingerprint density at radius 1 is 1.44 bits per heavy atom. The Labute approximate surface area is 101 Å². The van der Waals surface area contributed by atoms with E-state index >= 15 is 0 Å². The standard InChI is InChI=1S/C11H12BrNO3/c12-4-9(14)10(15)6-1-2-7-5-13-11(16)8(7)3-6/h1-3,9-10,14-15H,4-5H2,(H,13,16). The fraction of sp³-hybridized carbons (Fsp3) is 0.364. The van der Waals surface area contributed by atoms with Gasteiger partial charge in [0.2, 0.25) is 0 Å². The van der Waals surface area contributed by atoms with Crippen LogP contribution in [0.25, 0.3) is 0 Å². The summed E-state index contributed by atoms with van der Waals surface area (Å²) < 4.78 is 0. The van der Waals surface area contributed by atoms with E-state index in [4.69, 9.17) is 0 Å². The fourth-order valence-corrected chi connectivity index (χ4v) is 2.07. The van der Waals surface area contributed by atoms with Crippen molar-refractivity contribution in [1.29, 1.82) is 0 Å². The second-order valence-corrected chi connectivity index (χ2v) is 4.41. The van der Waals surface area contributed by atoms with Crippen molar-refractivity contribution in [2.24, 2.45) is 0 Å². The number of halogens is 1. The lowest BCUT2D eigenvalue weighted by atomic mass is 10.00. The minimum absolute atomic E-state index is 0.127. The number of rotatable bonds is 3. The number of aliphatic hydroxyl groups excluding tert-OH is 2. The molecule has 1 aliphatic heterocycles. The van der Waals surface area contributed by atoms with Gasteiger partial charge in [-0.25, -0.2) is 0 Å². The van der Waals surface area contributed by atoms with Gasteiger partial charge in [-0.1, -0.05) is 28.1 Å². The molecule has 1 aromatic rings. The molecule has 1 aliphatic rings. The topological polar surface area (TPSA) is 69.6 Å². The van der Waals surface area contributed by atoms with Crippen molar-refractivity contribution in [3.05, 3.63) is 34.9 Å². The molecule has 5 heteroatoms. The van der Waals surface area contributed by atoms with Gasteiger partial charge in [-0.15, -0.1) is 0 Å². The molecule has 1 aromatic carbocycles. The molecule has 2 unspecified atom stereocenters. The summed E-state index contributed by atoms with van der Waals surface area (Å²) in [7, 11) is 0. The zero-order chi connectivity index (χ0) is 11.7. The van der Waals surface area contributed by atoms with E-state index in [0.29, 0.717) is 17.7 Å². The summed E-state index contributed by atoms with van der Waals surface area (Å²) in [5.74, 6) is -0.127. The Morgan fingerprint density at radius 3 is 2.88 bits per heavy atom. The van der Waals surface area contributed by atoms with Crippen LogP contribution >= 0.6 is 15.9 Å². The van der Waals surface area contributed by atoms with Gasteiger partial charge in [0.25, 0.3) is 5.91 Å². The van der Waals surface area contributed by atoms with Crippen LogP contribution in [0.15, 0.2) is 18.2 Å². The van der Waals surface area contributed by atoms with E-state index in [1.165, 1.54) is 0 Å². The Balaban J connectivity index is 2.31. The number of hydrogen-bond donors (Lipinski definition) is 3. The lowest BCUT2D eigenvalue weighted by molar-refractivity contribution is 0.0342. The third-order valence-electron chi connectivity index (χ3n) is 2.68. The van der Waals surface area contributed by atoms with Gasteiger partial charge >= 0.3 is 0 Å². The number of aliphatic hydroxyl groups is 2. The average Bonchev–Trinajstić information content (AvgIpc) is 2.68. The molecule has 4 nitrogen and oxygen atoms in total. The van der Waals surface area contributed by atoms with Gasteiger partial charge in [0.05, 0.1) is 6.10 Å². The molecule has 2 atom stereocenters. The molecular weight excluding hydrogens is 274 g/mol. The Hall–Kier alpha value is -0.910. The highest BCUT2D eigenvalue weighted by atomic mass is 79.9. The molecule has 0 radical (unpaired) electrons. The maximum atomic E-state index is 11.4. The summed E-state index contributed by atoms with van der Waals surface area (Å²) in [5.41, 5.74) is 2.07. The zero-order valence-electron chi connectivity index (χ0n) is 8.48. The normalized spacial score (nSPS) is 17.8. The Kier molecular flexibility index (Phi) is 3.28. The van der Waals surface area contributed by atoms with Gasteiger partial charge < -0.3 is 15.5 Å². The molecule has 16 heavy (non-hydrogen) atoms. The Morgan fingerprint density at radius 2 is 2.19 bits per heavy atom. The number of fused-ring (bicyclic) bond motifs is 1. The Bertz CT molecular complexity index is 422. The molecule has 3 N–H and O–H groups in total. The average molecular weight is 286 g/mol. The number of amides is 1. The van der Waals surface area contributed by atoms with E-state index in [-0.39, 0.29) is 11.2 Å². The van der Waals surface area contributed by atoms with Crippen LogP contribution in [0.1, 0.15) is 27.6 Å². The molecule has 0 spiro atoms. The highest BCUT2D eigenvalue weighted by molar-refractivity contribution is 9.09. The predicted octanol–water partition coefficient (Wildman–Crippen LogP) is 0.719. The minimum Gasteiger partial charge on any atom is -0.389 e. The van der Waals surface area contributed by atoms with Crippen molar-refractivity contribution in [2.45, 2.75) is 18.8 Å². The van der Waals surface area contributed by atoms with Crippen LogP contribution in [-0.2, 0) is 6.54 Å². The van der Waals surface area contributed by atoms with Crippen LogP contribution in [-0.4, -0.2) is 27.6 Å². The van der Waals surface area contributed by atoms with Crippen molar-refractivity contribution < 1.29 is 15.0 Å². The number of alkyl halides is 1. The van der Waals surface area contributed by atoms with Crippen molar-refractivity contribution in [3.63, 3.8) is 0 Å². The second-order valence-electron chi connectivity index (χ2n) is 3.77. The van der Waals surface area contributed by atoms with Gasteiger partial charge in [0.1, 0.15) is 6.10 Å². The van der Waals surface area contributed by atoms with E-state index in [1.807, 2.05) is 0 Å². The predicted molar refractivity (Wildman–Crippen MR) is 62.4 cm³/mol. The van der Waals surface area contributed by atoms with E-state index < -0.39 is 12.2 Å². The van der Waals surface area contributed by atoms with E-state index in [0.717, 1.165) is 5.56 Å². The van der Waals surface area contributed by atoms with Gasteiger partial charge in [-0.05, 0) is 17.2 Å². The summed E-state index contributed by atoms with van der Waals surface area (Å²) in [6, 6.07) is 5.16. The van der Waals surface area contributed by atoms with Crippen molar-refractivity contribution in [1.82, 2.24) is 5.32 Å².